The zero-order valence-electron chi connectivity index (χ0n) is 20.7. The van der Waals surface area contributed by atoms with Crippen LogP contribution in [0.5, 0.6) is 0 Å². The molecule has 1 aromatic carbocycles. The van der Waals surface area contributed by atoms with Crippen molar-refractivity contribution in [3.8, 4) is 11.3 Å². The van der Waals surface area contributed by atoms with Gasteiger partial charge < -0.3 is 15.3 Å². The van der Waals surface area contributed by atoms with Gasteiger partial charge in [-0.1, -0.05) is 50.8 Å². The average Bonchev–Trinajstić information content (AvgIpc) is 2.88. The number of hydrogen-bond acceptors (Lipinski definition) is 5. The van der Waals surface area contributed by atoms with E-state index in [0.29, 0.717) is 54.6 Å². The van der Waals surface area contributed by atoms with Gasteiger partial charge in [0.2, 0.25) is 0 Å². The molecule has 5 rings (SSSR count). The molecule has 0 spiro atoms. The lowest BCUT2D eigenvalue weighted by molar-refractivity contribution is -0.142. The molecule has 0 unspecified atom stereocenters. The number of carboxylic acid groups (broad SMARTS) is 1. The van der Waals surface area contributed by atoms with E-state index in [0.717, 1.165) is 11.5 Å². The molecule has 192 valence electrons. The second kappa shape index (κ2) is 11.2. The number of aliphatic carboxylic acids is 1. The Kier molecular flexibility index (Phi) is 8.18. The molecule has 3 fully saturated rings. The average molecular weight is 511 g/mol. The minimum Gasteiger partial charge on any atom is -0.481 e. The second-order valence-corrected chi connectivity index (χ2v) is 11.0. The number of carbonyl (C=O) groups is 2. The van der Waals surface area contributed by atoms with Crippen LogP contribution in [0, 0.1) is 24.7 Å². The SMILES string of the molecule is O=C(NCC12CCCC(CCC1)C2)c1cc(-c2nccnc2N2CCC(C(=O)O)CC2)ccc1Cl.[CH2]. The summed E-state index contributed by atoms with van der Waals surface area (Å²) in [5.74, 6) is 0.317. The summed E-state index contributed by atoms with van der Waals surface area (Å²) in [6.45, 7) is 1.91. The van der Waals surface area contributed by atoms with Crippen molar-refractivity contribution in [2.24, 2.45) is 17.3 Å². The van der Waals surface area contributed by atoms with Gasteiger partial charge in [0.1, 0.15) is 5.69 Å². The lowest BCUT2D eigenvalue weighted by Gasteiger charge is -2.45. The summed E-state index contributed by atoms with van der Waals surface area (Å²) in [5, 5.41) is 12.9. The van der Waals surface area contributed by atoms with E-state index in [1.807, 2.05) is 6.07 Å². The van der Waals surface area contributed by atoms with Crippen LogP contribution in [0.3, 0.4) is 0 Å². The lowest BCUT2D eigenvalue weighted by atomic mass is 9.62. The van der Waals surface area contributed by atoms with Crippen molar-refractivity contribution in [2.75, 3.05) is 24.5 Å². The zero-order valence-corrected chi connectivity index (χ0v) is 21.5. The Labute approximate surface area is 218 Å². The van der Waals surface area contributed by atoms with Crippen LogP contribution < -0.4 is 10.2 Å². The highest BCUT2D eigenvalue weighted by Gasteiger charge is 2.39. The monoisotopic (exact) mass is 510 g/mol. The predicted molar refractivity (Wildman–Crippen MR) is 141 cm³/mol. The molecular weight excluding hydrogens is 476 g/mol. The van der Waals surface area contributed by atoms with Crippen molar-refractivity contribution in [3.63, 3.8) is 0 Å². The number of carbonyl (C=O) groups excluding carboxylic acids is 1. The maximum absolute atomic E-state index is 13.2. The van der Waals surface area contributed by atoms with E-state index in [1.165, 1.54) is 44.9 Å². The number of amides is 1. The minimum absolute atomic E-state index is 0. The van der Waals surface area contributed by atoms with Crippen molar-refractivity contribution < 1.29 is 14.7 Å². The van der Waals surface area contributed by atoms with Crippen LogP contribution >= 0.6 is 11.6 Å². The van der Waals surface area contributed by atoms with Crippen molar-refractivity contribution in [3.05, 3.63) is 48.6 Å². The first-order valence-corrected chi connectivity index (χ1v) is 13.2. The summed E-state index contributed by atoms with van der Waals surface area (Å²) < 4.78 is 0. The molecular formula is C28H35ClN4O3. The summed E-state index contributed by atoms with van der Waals surface area (Å²) in [4.78, 5) is 35.8. The van der Waals surface area contributed by atoms with Crippen LogP contribution in [0.1, 0.15) is 68.1 Å². The Hall–Kier alpha value is -2.67. The molecule has 1 amide bonds. The van der Waals surface area contributed by atoms with Crippen molar-refractivity contribution in [2.45, 2.75) is 57.8 Å². The molecule has 2 N–H and O–H groups in total. The van der Waals surface area contributed by atoms with Gasteiger partial charge in [0.15, 0.2) is 5.82 Å². The summed E-state index contributed by atoms with van der Waals surface area (Å²) in [6.07, 6.45) is 13.2. The molecule has 2 heterocycles. The first kappa shape index (κ1) is 26.4. The summed E-state index contributed by atoms with van der Waals surface area (Å²) in [5.41, 5.74) is 2.13. The highest BCUT2D eigenvalue weighted by molar-refractivity contribution is 6.34. The Morgan fingerprint density at radius 3 is 2.47 bits per heavy atom. The number of fused-ring (bicyclic) bond motifs is 2. The fraction of sp³-hybridized carbons (Fsp3) is 0.536. The van der Waals surface area contributed by atoms with E-state index in [4.69, 9.17) is 11.6 Å². The Balaban J connectivity index is 0.00000304. The van der Waals surface area contributed by atoms with Crippen LogP contribution in [-0.2, 0) is 4.79 Å². The number of halogens is 1. The summed E-state index contributed by atoms with van der Waals surface area (Å²) >= 11 is 6.47. The number of rotatable bonds is 6. The van der Waals surface area contributed by atoms with Gasteiger partial charge in [-0.05, 0) is 55.6 Å². The number of nitrogens with one attached hydrogen (secondary N) is 1. The minimum atomic E-state index is -0.742. The van der Waals surface area contributed by atoms with Gasteiger partial charge in [-0.2, -0.15) is 0 Å². The van der Waals surface area contributed by atoms with E-state index >= 15 is 0 Å². The standard InChI is InChI=1S/C27H33ClN4O3.CH2/c28-22-6-5-20(23-24(30-12-11-29-23)32-13-7-19(8-14-32)26(34)35)15-21(22)25(33)31-17-27-9-1-3-18(16-27)4-2-10-27;/h5-6,11-12,15,18-19H,1-4,7-10,13-14,16-17H2,(H,31,33)(H,34,35);1H2. The fourth-order valence-corrected chi connectivity index (χ4v) is 6.59. The van der Waals surface area contributed by atoms with Crippen LogP contribution in [0.4, 0.5) is 5.82 Å². The second-order valence-electron chi connectivity index (χ2n) is 10.6. The van der Waals surface area contributed by atoms with E-state index in [9.17, 15) is 14.7 Å². The quantitative estimate of drug-likeness (QED) is 0.531. The number of aromatic nitrogens is 2. The number of piperidine rings is 1. The maximum Gasteiger partial charge on any atom is 0.306 e. The van der Waals surface area contributed by atoms with Crippen molar-refractivity contribution in [1.82, 2.24) is 15.3 Å². The highest BCUT2D eigenvalue weighted by Crippen LogP contribution is 2.48. The number of hydrogen-bond donors (Lipinski definition) is 2. The Bertz CT molecular complexity index is 1090. The van der Waals surface area contributed by atoms with Gasteiger partial charge in [0, 0.05) is 37.6 Å². The molecule has 2 saturated carbocycles. The highest BCUT2D eigenvalue weighted by atomic mass is 35.5. The maximum atomic E-state index is 13.2. The summed E-state index contributed by atoms with van der Waals surface area (Å²) in [6, 6.07) is 5.41. The third kappa shape index (κ3) is 5.51. The third-order valence-corrected chi connectivity index (χ3v) is 8.62. The largest absolute Gasteiger partial charge is 0.481 e. The number of benzene rings is 1. The van der Waals surface area contributed by atoms with Crippen LogP contribution in [-0.4, -0.2) is 46.6 Å². The molecule has 1 saturated heterocycles. The van der Waals surface area contributed by atoms with E-state index in [1.54, 1.807) is 24.5 Å². The van der Waals surface area contributed by atoms with Gasteiger partial charge in [-0.25, -0.2) is 4.98 Å². The lowest BCUT2D eigenvalue weighted by Crippen LogP contribution is -2.43. The number of anilines is 1. The molecule has 2 radical (unpaired) electrons. The van der Waals surface area contributed by atoms with Gasteiger partial charge in [0.05, 0.1) is 16.5 Å². The molecule has 3 aliphatic rings. The molecule has 7 nitrogen and oxygen atoms in total. The topological polar surface area (TPSA) is 95.4 Å². The van der Waals surface area contributed by atoms with E-state index in [-0.39, 0.29) is 24.7 Å². The van der Waals surface area contributed by atoms with Crippen LogP contribution in [0.25, 0.3) is 11.3 Å². The van der Waals surface area contributed by atoms with E-state index in [2.05, 4.69) is 20.2 Å². The third-order valence-electron chi connectivity index (χ3n) is 8.29. The number of carboxylic acids is 1. The van der Waals surface area contributed by atoms with E-state index < -0.39 is 5.97 Å². The number of nitrogens with zero attached hydrogens (tertiary/aromatic N) is 3. The molecule has 2 aromatic rings. The van der Waals surface area contributed by atoms with Crippen molar-refractivity contribution in [1.29, 1.82) is 0 Å². The molecule has 36 heavy (non-hydrogen) atoms. The van der Waals surface area contributed by atoms with Gasteiger partial charge in [-0.15, -0.1) is 0 Å². The van der Waals surface area contributed by atoms with Crippen LogP contribution in [0.15, 0.2) is 30.6 Å². The van der Waals surface area contributed by atoms with Crippen molar-refractivity contribution >= 4 is 29.3 Å². The molecule has 0 atom stereocenters. The summed E-state index contributed by atoms with van der Waals surface area (Å²) in [7, 11) is 0. The van der Waals surface area contributed by atoms with Gasteiger partial charge >= 0.3 is 5.97 Å². The van der Waals surface area contributed by atoms with Gasteiger partial charge in [0.25, 0.3) is 5.91 Å². The normalized spacial score (nSPS) is 24.0. The van der Waals surface area contributed by atoms with Crippen LogP contribution in [0.2, 0.25) is 5.02 Å². The molecule has 2 bridgehead atoms. The van der Waals surface area contributed by atoms with Gasteiger partial charge in [-0.3, -0.25) is 14.6 Å². The predicted octanol–water partition coefficient (Wildman–Crippen LogP) is 5.52. The first-order valence-electron chi connectivity index (χ1n) is 12.8. The zero-order chi connectivity index (χ0) is 24.4. The molecule has 2 aliphatic carbocycles. The Morgan fingerprint density at radius 1 is 1.08 bits per heavy atom. The molecule has 8 heteroatoms. The molecule has 1 aromatic heterocycles. The smallest absolute Gasteiger partial charge is 0.306 e. The fourth-order valence-electron chi connectivity index (χ4n) is 6.38. The Morgan fingerprint density at radius 2 is 1.78 bits per heavy atom. The molecule has 1 aliphatic heterocycles. The first-order chi connectivity index (χ1) is 16.9.